The third-order valence-corrected chi connectivity index (χ3v) is 3.31. The highest BCUT2D eigenvalue weighted by atomic mass is 32.2. The van der Waals surface area contributed by atoms with E-state index in [1.807, 2.05) is 18.8 Å². The number of hydrogen-bond donors (Lipinski definition) is 1. The first-order valence-electron chi connectivity index (χ1n) is 5.09. The minimum atomic E-state index is 0.571. The zero-order chi connectivity index (χ0) is 10.4. The van der Waals surface area contributed by atoms with Crippen LogP contribution < -0.4 is 5.32 Å². The van der Waals surface area contributed by atoms with Crippen molar-refractivity contribution in [1.82, 2.24) is 5.32 Å². The molecule has 0 saturated carbocycles. The van der Waals surface area contributed by atoms with E-state index in [-0.39, 0.29) is 0 Å². The molecule has 1 atom stereocenters. The summed E-state index contributed by atoms with van der Waals surface area (Å²) < 4.78 is 0. The average Bonchev–Trinajstić information content (AvgIpc) is 2.18. The van der Waals surface area contributed by atoms with Gasteiger partial charge in [0.15, 0.2) is 0 Å². The van der Waals surface area contributed by atoms with E-state index in [0.29, 0.717) is 10.5 Å². The summed E-state index contributed by atoms with van der Waals surface area (Å²) in [5.74, 6) is 0. The third-order valence-electron chi connectivity index (χ3n) is 2.00. The molecule has 0 spiro atoms. The fourth-order valence-electron chi connectivity index (χ4n) is 1.43. The Kier molecular flexibility index (Phi) is 5.05. The predicted molar refractivity (Wildman–Crippen MR) is 65.8 cm³/mol. The van der Waals surface area contributed by atoms with Gasteiger partial charge in [-0.3, -0.25) is 0 Å². The van der Waals surface area contributed by atoms with Crippen molar-refractivity contribution < 1.29 is 0 Å². The molecule has 1 rings (SSSR count). The van der Waals surface area contributed by atoms with Crippen LogP contribution in [-0.2, 0) is 0 Å². The fraction of sp³-hybridized carbons (Fsp3) is 0.500. The smallest absolute Gasteiger partial charge is 0.0424 e. The largest absolute Gasteiger partial charge is 0.318 e. The normalized spacial score (nSPS) is 13.1. The molecule has 1 N–H and O–H groups in total. The van der Waals surface area contributed by atoms with Crippen LogP contribution in [0.1, 0.15) is 24.7 Å². The second kappa shape index (κ2) is 6.10. The molecule has 0 radical (unpaired) electrons. The van der Waals surface area contributed by atoms with Gasteiger partial charge in [0.2, 0.25) is 0 Å². The first kappa shape index (κ1) is 11.6. The topological polar surface area (TPSA) is 12.0 Å². The molecule has 0 aliphatic carbocycles. The molecule has 1 aromatic rings. The number of likely N-dealkylation sites (N-methyl/N-ethyl adjacent to an activating group) is 1. The van der Waals surface area contributed by atoms with Crippen LogP contribution in [0.15, 0.2) is 30.3 Å². The van der Waals surface area contributed by atoms with Gasteiger partial charge in [-0.15, -0.1) is 11.8 Å². The van der Waals surface area contributed by atoms with E-state index >= 15 is 0 Å². The molecule has 1 aromatic carbocycles. The van der Waals surface area contributed by atoms with Gasteiger partial charge in [0.25, 0.3) is 0 Å². The van der Waals surface area contributed by atoms with E-state index < -0.39 is 0 Å². The Morgan fingerprint density at radius 2 is 1.86 bits per heavy atom. The number of benzene rings is 1. The van der Waals surface area contributed by atoms with Crippen molar-refractivity contribution in [2.75, 3.05) is 13.6 Å². The highest BCUT2D eigenvalue weighted by molar-refractivity contribution is 8.00. The first-order valence-corrected chi connectivity index (χ1v) is 6.03. The number of hydrogen-bond acceptors (Lipinski definition) is 2. The molecule has 0 amide bonds. The van der Waals surface area contributed by atoms with Crippen LogP contribution in [0.25, 0.3) is 0 Å². The van der Waals surface area contributed by atoms with Gasteiger partial charge in [-0.05, 0) is 17.9 Å². The minimum Gasteiger partial charge on any atom is -0.318 e. The fourth-order valence-corrected chi connectivity index (χ4v) is 2.66. The average molecular weight is 209 g/mol. The van der Waals surface area contributed by atoms with E-state index in [2.05, 4.69) is 49.5 Å². The summed E-state index contributed by atoms with van der Waals surface area (Å²) in [4.78, 5) is 0. The van der Waals surface area contributed by atoms with Gasteiger partial charge in [0, 0.05) is 11.8 Å². The van der Waals surface area contributed by atoms with Crippen LogP contribution in [0.4, 0.5) is 0 Å². The van der Waals surface area contributed by atoms with Gasteiger partial charge in [-0.25, -0.2) is 0 Å². The van der Waals surface area contributed by atoms with Crippen molar-refractivity contribution in [3.63, 3.8) is 0 Å². The first-order chi connectivity index (χ1) is 6.74. The lowest BCUT2D eigenvalue weighted by Crippen LogP contribution is -2.16. The van der Waals surface area contributed by atoms with Gasteiger partial charge >= 0.3 is 0 Å². The van der Waals surface area contributed by atoms with Crippen molar-refractivity contribution >= 4 is 11.8 Å². The molecule has 0 aliphatic heterocycles. The summed E-state index contributed by atoms with van der Waals surface area (Å²) in [6, 6.07) is 10.7. The summed E-state index contributed by atoms with van der Waals surface area (Å²) in [5, 5.41) is 4.50. The molecular formula is C12H19NS. The Balaban J connectivity index is 2.67. The van der Waals surface area contributed by atoms with Crippen molar-refractivity contribution in [1.29, 1.82) is 0 Å². The molecule has 2 heteroatoms. The van der Waals surface area contributed by atoms with E-state index in [0.717, 1.165) is 6.54 Å². The van der Waals surface area contributed by atoms with Gasteiger partial charge in [-0.2, -0.15) is 0 Å². The Morgan fingerprint density at radius 1 is 1.21 bits per heavy atom. The Morgan fingerprint density at radius 3 is 2.36 bits per heavy atom. The summed E-state index contributed by atoms with van der Waals surface area (Å²) in [7, 11) is 2.01. The zero-order valence-corrected chi connectivity index (χ0v) is 9.97. The van der Waals surface area contributed by atoms with Crippen molar-refractivity contribution in [2.24, 2.45) is 0 Å². The van der Waals surface area contributed by atoms with Crippen LogP contribution in [0.2, 0.25) is 0 Å². The molecule has 14 heavy (non-hydrogen) atoms. The highest BCUT2D eigenvalue weighted by Crippen LogP contribution is 2.31. The Bertz CT molecular complexity index is 246. The number of rotatable bonds is 5. The summed E-state index contributed by atoms with van der Waals surface area (Å²) in [6.07, 6.45) is 0. The van der Waals surface area contributed by atoms with Crippen molar-refractivity contribution in [2.45, 2.75) is 24.3 Å². The standard InChI is InChI=1S/C12H19NS/c1-10(2)14-12(9-13-3)11-7-5-4-6-8-11/h4-8,10,12-13H,9H2,1-3H3. The van der Waals surface area contributed by atoms with E-state index in [1.165, 1.54) is 5.56 Å². The van der Waals surface area contributed by atoms with Gasteiger partial charge < -0.3 is 5.32 Å². The minimum absolute atomic E-state index is 0.571. The molecule has 0 aromatic heterocycles. The Hall–Kier alpha value is -0.470. The zero-order valence-electron chi connectivity index (χ0n) is 9.16. The lowest BCUT2D eigenvalue weighted by Gasteiger charge is -2.18. The maximum Gasteiger partial charge on any atom is 0.0424 e. The van der Waals surface area contributed by atoms with Crippen LogP contribution in [0.5, 0.6) is 0 Å². The molecule has 1 nitrogen and oxygen atoms in total. The summed E-state index contributed by atoms with van der Waals surface area (Å²) in [6.45, 7) is 5.53. The Labute approximate surface area is 91.3 Å². The quantitative estimate of drug-likeness (QED) is 0.800. The van der Waals surface area contributed by atoms with Crippen LogP contribution >= 0.6 is 11.8 Å². The lowest BCUT2D eigenvalue weighted by atomic mass is 10.1. The van der Waals surface area contributed by atoms with Gasteiger partial charge in [0.1, 0.15) is 0 Å². The molecule has 0 saturated heterocycles. The van der Waals surface area contributed by atoms with Gasteiger partial charge in [-0.1, -0.05) is 44.2 Å². The van der Waals surface area contributed by atoms with Crippen molar-refractivity contribution in [3.8, 4) is 0 Å². The molecule has 1 unspecified atom stereocenters. The van der Waals surface area contributed by atoms with Crippen LogP contribution in [-0.4, -0.2) is 18.8 Å². The second-order valence-corrected chi connectivity index (χ2v) is 5.43. The highest BCUT2D eigenvalue weighted by Gasteiger charge is 2.12. The summed E-state index contributed by atoms with van der Waals surface area (Å²) >= 11 is 2.01. The third kappa shape index (κ3) is 3.72. The molecule has 0 heterocycles. The van der Waals surface area contributed by atoms with Gasteiger partial charge in [0.05, 0.1) is 0 Å². The molecule has 78 valence electrons. The molecule has 0 fully saturated rings. The number of thioether (sulfide) groups is 1. The van der Waals surface area contributed by atoms with Crippen molar-refractivity contribution in [3.05, 3.63) is 35.9 Å². The maximum absolute atomic E-state index is 3.25. The monoisotopic (exact) mass is 209 g/mol. The maximum atomic E-state index is 3.25. The van der Waals surface area contributed by atoms with Crippen LogP contribution in [0, 0.1) is 0 Å². The lowest BCUT2D eigenvalue weighted by molar-refractivity contribution is 0.775. The number of nitrogens with one attached hydrogen (secondary N) is 1. The molecule has 0 bridgehead atoms. The predicted octanol–water partition coefficient (Wildman–Crippen LogP) is 3.09. The van der Waals surface area contributed by atoms with E-state index in [1.54, 1.807) is 0 Å². The molecule has 0 aliphatic rings. The van der Waals surface area contributed by atoms with E-state index in [9.17, 15) is 0 Å². The SMILES string of the molecule is CNCC(SC(C)C)c1ccccc1. The van der Waals surface area contributed by atoms with E-state index in [4.69, 9.17) is 0 Å². The molecular weight excluding hydrogens is 190 g/mol. The second-order valence-electron chi connectivity index (χ2n) is 3.64. The van der Waals surface area contributed by atoms with Crippen LogP contribution in [0.3, 0.4) is 0 Å². The summed E-state index contributed by atoms with van der Waals surface area (Å²) in [5.41, 5.74) is 1.42.